The molecule has 8 nitrogen and oxygen atoms in total. The molecule has 3 aromatic rings. The molecule has 0 bridgehead atoms. The van der Waals surface area contributed by atoms with Crippen LogP contribution in [-0.4, -0.2) is 93.9 Å². The molecule has 218 valence electrons. The highest BCUT2D eigenvalue weighted by atomic mass is 19.4. The van der Waals surface area contributed by atoms with Crippen molar-refractivity contribution in [1.29, 1.82) is 0 Å². The van der Waals surface area contributed by atoms with Gasteiger partial charge in [0.15, 0.2) is 5.75 Å². The maximum absolute atomic E-state index is 13.7. The van der Waals surface area contributed by atoms with Crippen LogP contribution in [0.2, 0.25) is 0 Å². The lowest BCUT2D eigenvalue weighted by atomic mass is 9.84. The molecule has 1 aromatic carbocycles. The SMILES string of the molecule is C[C@@H]1Cc2c(ccc3[nH]ncc23)[C@@H](c2ncc(N[C@@H]3CN(CCCF)C[C@H]3O)cc2OC(F)F)N1CC(F)(F)F. The van der Waals surface area contributed by atoms with Crippen molar-refractivity contribution in [2.75, 3.05) is 38.2 Å². The van der Waals surface area contributed by atoms with Crippen LogP contribution in [0.4, 0.5) is 32.0 Å². The van der Waals surface area contributed by atoms with Crippen LogP contribution in [0.25, 0.3) is 10.9 Å². The second kappa shape index (κ2) is 11.4. The number of hydrogen-bond donors (Lipinski definition) is 3. The number of aliphatic hydroxyl groups excluding tert-OH is 1. The monoisotopic (exact) mass is 572 g/mol. The summed E-state index contributed by atoms with van der Waals surface area (Å²) in [4.78, 5) is 7.46. The van der Waals surface area contributed by atoms with Gasteiger partial charge in [0.2, 0.25) is 0 Å². The molecule has 1 fully saturated rings. The number of anilines is 1. The van der Waals surface area contributed by atoms with Gasteiger partial charge in [-0.2, -0.15) is 27.1 Å². The number of rotatable bonds is 9. The highest BCUT2D eigenvalue weighted by Gasteiger charge is 2.43. The third kappa shape index (κ3) is 5.98. The van der Waals surface area contributed by atoms with E-state index < -0.39 is 50.2 Å². The summed E-state index contributed by atoms with van der Waals surface area (Å²) in [6.45, 7) is -2.19. The van der Waals surface area contributed by atoms with Crippen LogP contribution in [0.3, 0.4) is 0 Å². The normalized spacial score (nSPS) is 24.1. The average Bonchev–Trinajstić information content (AvgIpc) is 3.49. The van der Waals surface area contributed by atoms with Crippen molar-refractivity contribution in [3.05, 3.63) is 47.4 Å². The Kier molecular flexibility index (Phi) is 8.11. The number of ether oxygens (including phenoxy) is 1. The summed E-state index contributed by atoms with van der Waals surface area (Å²) in [7, 11) is 0. The molecule has 4 atom stereocenters. The summed E-state index contributed by atoms with van der Waals surface area (Å²) in [5.74, 6) is -0.369. The Balaban J connectivity index is 1.54. The van der Waals surface area contributed by atoms with Crippen molar-refractivity contribution in [2.45, 2.75) is 56.8 Å². The largest absolute Gasteiger partial charge is 0.433 e. The van der Waals surface area contributed by atoms with E-state index >= 15 is 0 Å². The van der Waals surface area contributed by atoms with Crippen molar-refractivity contribution in [3.63, 3.8) is 0 Å². The summed E-state index contributed by atoms with van der Waals surface area (Å²) >= 11 is 0. The van der Waals surface area contributed by atoms with Gasteiger partial charge in [0, 0.05) is 37.1 Å². The summed E-state index contributed by atoms with van der Waals surface area (Å²) in [6, 6.07) is 2.40. The minimum Gasteiger partial charge on any atom is -0.433 e. The Morgan fingerprint density at radius 2 is 2.02 bits per heavy atom. The quantitative estimate of drug-likeness (QED) is 0.330. The number of β-amino-alcohol motifs (C(OH)–C–C–N with tert-alkyl or cyclic N) is 1. The molecular weight excluding hydrogens is 542 g/mol. The first-order valence-electron chi connectivity index (χ1n) is 13.0. The highest BCUT2D eigenvalue weighted by molar-refractivity contribution is 5.83. The number of H-pyrrole nitrogens is 1. The zero-order chi connectivity index (χ0) is 28.6. The fraction of sp³-hybridized carbons (Fsp3) is 0.538. The topological polar surface area (TPSA) is 89.5 Å². The molecule has 0 saturated carbocycles. The minimum absolute atomic E-state index is 0.0812. The maximum atomic E-state index is 13.7. The van der Waals surface area contributed by atoms with Crippen LogP contribution in [0.1, 0.15) is 36.2 Å². The molecule has 2 aliphatic rings. The summed E-state index contributed by atoms with van der Waals surface area (Å²) in [5.41, 5.74) is 2.14. The van der Waals surface area contributed by atoms with Gasteiger partial charge in [-0.3, -0.25) is 24.3 Å². The highest BCUT2D eigenvalue weighted by Crippen LogP contribution is 2.44. The Morgan fingerprint density at radius 3 is 2.75 bits per heavy atom. The molecule has 0 amide bonds. The smallest absolute Gasteiger partial charge is 0.401 e. The van der Waals surface area contributed by atoms with Gasteiger partial charge in [-0.05, 0) is 37.0 Å². The predicted molar refractivity (Wildman–Crippen MR) is 135 cm³/mol. The van der Waals surface area contributed by atoms with E-state index in [9.17, 15) is 31.4 Å². The molecule has 4 heterocycles. The summed E-state index contributed by atoms with van der Waals surface area (Å²) < 4.78 is 85.8. The molecule has 2 aliphatic heterocycles. The van der Waals surface area contributed by atoms with E-state index in [1.54, 1.807) is 25.3 Å². The van der Waals surface area contributed by atoms with Crippen LogP contribution in [-0.2, 0) is 6.42 Å². The second-order valence-electron chi connectivity index (χ2n) is 10.3. The lowest BCUT2D eigenvalue weighted by Gasteiger charge is -2.42. The van der Waals surface area contributed by atoms with Gasteiger partial charge in [0.1, 0.15) is 5.69 Å². The Morgan fingerprint density at radius 1 is 1.23 bits per heavy atom. The molecule has 0 aliphatic carbocycles. The molecule has 40 heavy (non-hydrogen) atoms. The Hall–Kier alpha value is -3.10. The van der Waals surface area contributed by atoms with Crippen molar-refractivity contribution in [2.24, 2.45) is 0 Å². The first kappa shape index (κ1) is 28.4. The van der Waals surface area contributed by atoms with Crippen LogP contribution in [0.5, 0.6) is 5.75 Å². The Bertz CT molecular complexity index is 1320. The van der Waals surface area contributed by atoms with Crippen LogP contribution < -0.4 is 10.1 Å². The number of pyridine rings is 1. The Labute approximate surface area is 226 Å². The van der Waals surface area contributed by atoms with E-state index in [0.717, 1.165) is 10.9 Å². The average molecular weight is 573 g/mol. The van der Waals surface area contributed by atoms with Gasteiger partial charge >= 0.3 is 12.8 Å². The second-order valence-corrected chi connectivity index (χ2v) is 10.3. The van der Waals surface area contributed by atoms with E-state index in [-0.39, 0.29) is 17.1 Å². The molecular formula is C26H30F6N6O2. The number of aliphatic hydroxyl groups is 1. The van der Waals surface area contributed by atoms with E-state index in [1.807, 2.05) is 4.90 Å². The zero-order valence-electron chi connectivity index (χ0n) is 21.6. The lowest BCUT2D eigenvalue weighted by Crippen LogP contribution is -2.47. The number of aromatic amines is 1. The van der Waals surface area contributed by atoms with Crippen molar-refractivity contribution >= 4 is 16.6 Å². The molecule has 0 radical (unpaired) electrons. The first-order valence-corrected chi connectivity index (χ1v) is 13.0. The standard InChI is InChI=1S/C26H30F6N6O2/c1-14-7-17-16(3-4-19-18(17)10-34-36-19)24(38(14)13-26(30,31)32)23-22(40-25(28)29)8-15(9-33-23)35-20-11-37(6-2-5-27)12-21(20)39/h3-4,8-10,14,20-21,24-25,35,39H,2,5-7,11-13H2,1H3,(H,34,36)/t14-,20-,21-,24+/m1/s1. The molecule has 5 rings (SSSR count). The molecule has 1 saturated heterocycles. The molecule has 3 N–H and O–H groups in total. The first-order chi connectivity index (χ1) is 19.0. The molecule has 14 heteroatoms. The summed E-state index contributed by atoms with van der Waals surface area (Å²) in [5, 5.41) is 21.2. The summed E-state index contributed by atoms with van der Waals surface area (Å²) in [6.07, 6.45) is -1.81. The van der Waals surface area contributed by atoms with Crippen LogP contribution in [0.15, 0.2) is 30.6 Å². The minimum atomic E-state index is -4.55. The number of benzene rings is 1. The predicted octanol–water partition coefficient (Wildman–Crippen LogP) is 4.27. The van der Waals surface area contributed by atoms with E-state index in [1.165, 1.54) is 17.2 Å². The maximum Gasteiger partial charge on any atom is 0.401 e. The number of alkyl halides is 6. The number of nitrogens with zero attached hydrogens (tertiary/aromatic N) is 4. The molecule has 0 spiro atoms. The number of halogens is 6. The van der Waals surface area contributed by atoms with E-state index in [0.29, 0.717) is 43.6 Å². The number of hydrogen-bond acceptors (Lipinski definition) is 7. The fourth-order valence-electron chi connectivity index (χ4n) is 5.80. The van der Waals surface area contributed by atoms with Crippen LogP contribution >= 0.6 is 0 Å². The van der Waals surface area contributed by atoms with Crippen molar-refractivity contribution in [3.8, 4) is 5.75 Å². The number of aromatic nitrogens is 3. The van der Waals surface area contributed by atoms with Gasteiger partial charge in [0.05, 0.1) is 55.0 Å². The van der Waals surface area contributed by atoms with Gasteiger partial charge < -0.3 is 15.2 Å². The molecule has 2 aromatic heterocycles. The number of nitrogens with one attached hydrogen (secondary N) is 2. The number of likely N-dealkylation sites (tertiary alicyclic amines) is 1. The van der Waals surface area contributed by atoms with E-state index in [2.05, 4.69) is 20.5 Å². The van der Waals surface area contributed by atoms with Crippen molar-refractivity contribution in [1.82, 2.24) is 25.0 Å². The van der Waals surface area contributed by atoms with E-state index in [4.69, 9.17) is 4.74 Å². The fourth-order valence-corrected chi connectivity index (χ4v) is 5.80. The molecule has 0 unspecified atom stereocenters. The number of fused-ring (bicyclic) bond motifs is 3. The zero-order valence-corrected chi connectivity index (χ0v) is 21.6. The lowest BCUT2D eigenvalue weighted by molar-refractivity contribution is -0.155. The third-order valence-corrected chi connectivity index (χ3v) is 7.51. The van der Waals surface area contributed by atoms with Crippen molar-refractivity contribution < 1.29 is 36.2 Å². The van der Waals surface area contributed by atoms with Gasteiger partial charge in [0.25, 0.3) is 0 Å². The van der Waals surface area contributed by atoms with Gasteiger partial charge in [-0.1, -0.05) is 6.07 Å². The third-order valence-electron chi connectivity index (χ3n) is 7.51. The van der Waals surface area contributed by atoms with Gasteiger partial charge in [-0.15, -0.1) is 0 Å². The van der Waals surface area contributed by atoms with Gasteiger partial charge in [-0.25, -0.2) is 0 Å². The van der Waals surface area contributed by atoms with Crippen LogP contribution in [0, 0.1) is 0 Å².